The second kappa shape index (κ2) is 10.9. The zero-order chi connectivity index (χ0) is 23.2. The maximum atomic E-state index is 9.13. The van der Waals surface area contributed by atoms with E-state index in [2.05, 4.69) is 38.8 Å². The van der Waals surface area contributed by atoms with Crippen molar-refractivity contribution in [2.24, 2.45) is 10.9 Å². The molecule has 3 saturated heterocycles. The van der Waals surface area contributed by atoms with Crippen LogP contribution >= 0.6 is 0 Å². The zero-order valence-electron chi connectivity index (χ0n) is 19.7. The van der Waals surface area contributed by atoms with Crippen LogP contribution in [-0.4, -0.2) is 78.8 Å². The minimum absolute atomic E-state index is 0.247. The number of hydrogen-bond donors (Lipinski definition) is 1. The Morgan fingerprint density at radius 2 is 2.15 bits per heavy atom. The number of pyridine rings is 1. The standard InChI is InChI=1S/C25H34N6O2/c1-4-33-23-14-31(15-23)25(29-19(3)28-24-12-20(13-26)5-8-27-24)11-18(2)21-6-9-30(10-7-21)22-16-32-17-22/h5,8,11-12,21-23H,2,4,6-7,9-10,14-17H2,1,3H3,(H,27,28,29)/b25-11+. The lowest BCUT2D eigenvalue weighted by Gasteiger charge is -2.42. The first-order valence-electron chi connectivity index (χ1n) is 11.8. The fourth-order valence-electron chi connectivity index (χ4n) is 4.47. The van der Waals surface area contributed by atoms with Crippen molar-refractivity contribution in [3.8, 4) is 6.07 Å². The highest BCUT2D eigenvalue weighted by Crippen LogP contribution is 2.29. The van der Waals surface area contributed by atoms with Crippen LogP contribution in [0.15, 0.2) is 47.4 Å². The molecule has 0 spiro atoms. The second-order valence-corrected chi connectivity index (χ2v) is 8.93. The van der Waals surface area contributed by atoms with Crippen LogP contribution in [0.5, 0.6) is 0 Å². The van der Waals surface area contributed by atoms with Crippen LogP contribution in [0, 0.1) is 17.2 Å². The minimum Gasteiger partial charge on any atom is -0.378 e. The maximum Gasteiger partial charge on any atom is 0.132 e. The molecule has 176 valence electrons. The molecule has 0 aliphatic carbocycles. The van der Waals surface area contributed by atoms with Gasteiger partial charge in [-0.05, 0) is 69.5 Å². The Labute approximate surface area is 196 Å². The van der Waals surface area contributed by atoms with Crippen LogP contribution in [-0.2, 0) is 9.47 Å². The van der Waals surface area contributed by atoms with Crippen LogP contribution in [0.3, 0.4) is 0 Å². The Morgan fingerprint density at radius 1 is 1.39 bits per heavy atom. The molecular formula is C25H34N6O2. The van der Waals surface area contributed by atoms with E-state index in [4.69, 9.17) is 19.7 Å². The van der Waals surface area contributed by atoms with Gasteiger partial charge in [-0.2, -0.15) is 5.26 Å². The average molecular weight is 451 g/mol. The molecule has 1 N–H and O–H groups in total. The highest BCUT2D eigenvalue weighted by Gasteiger charge is 2.32. The Bertz CT molecular complexity index is 934. The molecule has 0 saturated carbocycles. The molecule has 0 aromatic carbocycles. The van der Waals surface area contributed by atoms with Crippen LogP contribution in [0.25, 0.3) is 0 Å². The molecule has 3 aliphatic heterocycles. The smallest absolute Gasteiger partial charge is 0.132 e. The number of piperidine rings is 1. The Balaban J connectivity index is 1.43. The average Bonchev–Trinajstić information content (AvgIpc) is 2.75. The first-order chi connectivity index (χ1) is 16.1. The highest BCUT2D eigenvalue weighted by atomic mass is 16.5. The molecule has 4 rings (SSSR count). The van der Waals surface area contributed by atoms with E-state index in [1.54, 1.807) is 18.3 Å². The number of likely N-dealkylation sites (tertiary alicyclic amines) is 2. The highest BCUT2D eigenvalue weighted by molar-refractivity contribution is 5.93. The van der Waals surface area contributed by atoms with E-state index in [9.17, 15) is 0 Å². The van der Waals surface area contributed by atoms with Gasteiger partial charge in [-0.3, -0.25) is 4.90 Å². The minimum atomic E-state index is 0.247. The molecule has 3 fully saturated rings. The summed E-state index contributed by atoms with van der Waals surface area (Å²) in [6.07, 6.45) is 6.24. The molecule has 0 atom stereocenters. The maximum absolute atomic E-state index is 9.13. The lowest BCUT2D eigenvalue weighted by molar-refractivity contribution is -0.0724. The van der Waals surface area contributed by atoms with Crippen molar-refractivity contribution in [1.29, 1.82) is 5.26 Å². The molecule has 0 unspecified atom stereocenters. The van der Waals surface area contributed by atoms with E-state index >= 15 is 0 Å². The third-order valence-corrected chi connectivity index (χ3v) is 6.56. The zero-order valence-corrected chi connectivity index (χ0v) is 19.7. The van der Waals surface area contributed by atoms with E-state index in [0.717, 1.165) is 76.1 Å². The first-order valence-corrected chi connectivity index (χ1v) is 11.8. The summed E-state index contributed by atoms with van der Waals surface area (Å²) < 4.78 is 11.1. The third kappa shape index (κ3) is 5.99. The molecule has 3 aliphatic rings. The monoisotopic (exact) mass is 450 g/mol. The van der Waals surface area contributed by atoms with Crippen molar-refractivity contribution in [3.05, 3.63) is 47.9 Å². The summed E-state index contributed by atoms with van der Waals surface area (Å²) in [5.41, 5.74) is 1.70. The van der Waals surface area contributed by atoms with Crippen molar-refractivity contribution in [1.82, 2.24) is 14.8 Å². The number of anilines is 1. The van der Waals surface area contributed by atoms with Crippen LogP contribution in [0.2, 0.25) is 0 Å². The molecule has 0 bridgehead atoms. The SMILES string of the molecule is C=C(/C=C(\N=C(/C)Nc1cc(C#N)ccn1)N1CC(OCC)C1)C1CCN(C2COC2)CC1. The van der Waals surface area contributed by atoms with Gasteiger partial charge in [0.2, 0.25) is 0 Å². The largest absolute Gasteiger partial charge is 0.378 e. The summed E-state index contributed by atoms with van der Waals surface area (Å²) in [5, 5.41) is 12.3. The quantitative estimate of drug-likeness (QED) is 0.370. The van der Waals surface area contributed by atoms with Gasteiger partial charge in [0.1, 0.15) is 17.5 Å². The fourth-order valence-corrected chi connectivity index (χ4v) is 4.47. The Morgan fingerprint density at radius 3 is 2.79 bits per heavy atom. The molecule has 8 heteroatoms. The molecule has 0 radical (unpaired) electrons. The van der Waals surface area contributed by atoms with E-state index in [-0.39, 0.29) is 6.10 Å². The van der Waals surface area contributed by atoms with Gasteiger partial charge in [0, 0.05) is 25.9 Å². The number of hydrogen-bond acceptors (Lipinski definition) is 7. The van der Waals surface area contributed by atoms with Gasteiger partial charge < -0.3 is 19.7 Å². The fraction of sp³-hybridized carbons (Fsp3) is 0.560. The van der Waals surface area contributed by atoms with Crippen molar-refractivity contribution >= 4 is 11.7 Å². The molecule has 4 heterocycles. The van der Waals surface area contributed by atoms with Crippen molar-refractivity contribution in [2.45, 2.75) is 38.8 Å². The Kier molecular flexibility index (Phi) is 7.76. The molecule has 1 aromatic rings. The van der Waals surface area contributed by atoms with Gasteiger partial charge in [-0.1, -0.05) is 6.58 Å². The van der Waals surface area contributed by atoms with E-state index in [1.165, 1.54) is 0 Å². The molecule has 33 heavy (non-hydrogen) atoms. The van der Waals surface area contributed by atoms with Gasteiger partial charge in [-0.15, -0.1) is 0 Å². The van der Waals surface area contributed by atoms with Gasteiger partial charge in [0.05, 0.1) is 37.0 Å². The van der Waals surface area contributed by atoms with Crippen LogP contribution in [0.1, 0.15) is 32.3 Å². The summed E-state index contributed by atoms with van der Waals surface area (Å²) in [4.78, 5) is 13.9. The van der Waals surface area contributed by atoms with Gasteiger partial charge in [0.25, 0.3) is 0 Å². The number of ether oxygens (including phenoxy) is 2. The summed E-state index contributed by atoms with van der Waals surface area (Å²) in [5.74, 6) is 2.69. The summed E-state index contributed by atoms with van der Waals surface area (Å²) >= 11 is 0. The van der Waals surface area contributed by atoms with Crippen LogP contribution < -0.4 is 5.32 Å². The van der Waals surface area contributed by atoms with Crippen molar-refractivity contribution in [3.63, 3.8) is 0 Å². The summed E-state index contributed by atoms with van der Waals surface area (Å²) in [7, 11) is 0. The van der Waals surface area contributed by atoms with Gasteiger partial charge >= 0.3 is 0 Å². The molecule has 8 nitrogen and oxygen atoms in total. The predicted molar refractivity (Wildman–Crippen MR) is 129 cm³/mol. The number of aromatic nitrogens is 1. The first kappa shape index (κ1) is 23.4. The van der Waals surface area contributed by atoms with Crippen molar-refractivity contribution in [2.75, 3.05) is 51.3 Å². The number of nitrogens with one attached hydrogen (secondary N) is 1. The molecular weight excluding hydrogens is 416 g/mol. The lowest BCUT2D eigenvalue weighted by atomic mass is 9.89. The molecule has 1 aromatic heterocycles. The normalized spacial score (nSPS) is 21.3. The van der Waals surface area contributed by atoms with E-state index in [0.29, 0.717) is 23.3 Å². The van der Waals surface area contributed by atoms with Crippen molar-refractivity contribution < 1.29 is 9.47 Å². The number of rotatable bonds is 8. The van der Waals surface area contributed by atoms with Gasteiger partial charge in [-0.25, -0.2) is 9.98 Å². The number of nitriles is 1. The summed E-state index contributed by atoms with van der Waals surface area (Å²) in [6, 6.07) is 6.15. The number of amidine groups is 1. The predicted octanol–water partition coefficient (Wildman–Crippen LogP) is 3.01. The molecule has 0 amide bonds. The third-order valence-electron chi connectivity index (χ3n) is 6.56. The van der Waals surface area contributed by atoms with Crippen LogP contribution in [0.4, 0.5) is 5.82 Å². The second-order valence-electron chi connectivity index (χ2n) is 8.93. The Hall–Kier alpha value is -2.73. The topological polar surface area (TPSA) is 86.0 Å². The number of aliphatic imine (C=N–C) groups is 1. The number of nitrogens with zero attached hydrogens (tertiary/aromatic N) is 5. The lowest BCUT2D eigenvalue weighted by Crippen LogP contribution is -2.52. The summed E-state index contributed by atoms with van der Waals surface area (Å²) in [6.45, 7) is 14.7. The van der Waals surface area contributed by atoms with Gasteiger partial charge in [0.15, 0.2) is 0 Å². The van der Waals surface area contributed by atoms with E-state index < -0.39 is 0 Å². The number of allylic oxidation sites excluding steroid dienone is 2. The van der Waals surface area contributed by atoms with E-state index in [1.807, 2.05) is 13.8 Å².